The Morgan fingerprint density at radius 1 is 1.37 bits per heavy atom. The van der Waals surface area contributed by atoms with E-state index in [1.807, 2.05) is 18.2 Å². The summed E-state index contributed by atoms with van der Waals surface area (Å²) >= 11 is 12.1. The molecule has 1 saturated heterocycles. The lowest BCUT2D eigenvalue weighted by molar-refractivity contribution is 0.00627. The number of hydrogen-bond acceptors (Lipinski definition) is 2. The summed E-state index contributed by atoms with van der Waals surface area (Å²) in [5, 5.41) is 0.722. The molecule has 5 heteroatoms. The number of fused-ring (bicyclic) bond motifs is 1. The molecule has 0 radical (unpaired) electrons. The fourth-order valence-corrected chi connectivity index (χ4v) is 2.98. The average molecular weight is 299 g/mol. The van der Waals surface area contributed by atoms with Crippen LogP contribution in [0.2, 0.25) is 5.02 Å². The quantitative estimate of drug-likeness (QED) is 0.801. The summed E-state index contributed by atoms with van der Waals surface area (Å²) in [6.07, 6.45) is 3.75. The number of halogens is 2. The molecule has 0 saturated carbocycles. The topological polar surface area (TPSA) is 27.1 Å². The Morgan fingerprint density at radius 2 is 2.26 bits per heavy atom. The molecule has 3 nitrogen and oxygen atoms in total. The third-order valence-corrected chi connectivity index (χ3v) is 4.04. The van der Waals surface area contributed by atoms with Crippen LogP contribution in [-0.4, -0.2) is 22.3 Å². The second kappa shape index (κ2) is 5.70. The van der Waals surface area contributed by atoms with Crippen molar-refractivity contribution in [2.45, 2.75) is 37.8 Å². The lowest BCUT2D eigenvalue weighted by Gasteiger charge is -2.23. The molecule has 1 aliphatic heterocycles. The van der Waals surface area contributed by atoms with Crippen molar-refractivity contribution >= 4 is 34.2 Å². The average Bonchev–Trinajstić information content (AvgIpc) is 2.78. The number of aromatic nitrogens is 2. The van der Waals surface area contributed by atoms with Gasteiger partial charge < -0.3 is 9.30 Å². The number of ether oxygens (including phenoxy) is 1. The molecule has 1 unspecified atom stereocenters. The largest absolute Gasteiger partial charge is 0.376 e. The van der Waals surface area contributed by atoms with Crippen molar-refractivity contribution < 1.29 is 4.74 Å². The molecule has 2 heterocycles. The maximum Gasteiger partial charge on any atom is 0.124 e. The van der Waals surface area contributed by atoms with Gasteiger partial charge >= 0.3 is 0 Å². The summed E-state index contributed by atoms with van der Waals surface area (Å²) in [4.78, 5) is 4.55. The molecule has 1 aromatic carbocycles. The minimum atomic E-state index is 0.257. The molecule has 1 aliphatic rings. The van der Waals surface area contributed by atoms with E-state index < -0.39 is 0 Å². The fraction of sp³-hybridized carbons (Fsp3) is 0.500. The lowest BCUT2D eigenvalue weighted by atomic mass is 10.1. The number of hydrogen-bond donors (Lipinski definition) is 0. The van der Waals surface area contributed by atoms with Crippen molar-refractivity contribution in [3.8, 4) is 0 Å². The van der Waals surface area contributed by atoms with Crippen LogP contribution in [0.4, 0.5) is 0 Å². The predicted octanol–water partition coefficient (Wildman–Crippen LogP) is 4.00. The van der Waals surface area contributed by atoms with Crippen molar-refractivity contribution in [3.63, 3.8) is 0 Å². The highest BCUT2D eigenvalue weighted by molar-refractivity contribution is 6.31. The molecule has 19 heavy (non-hydrogen) atoms. The normalized spacial score (nSPS) is 20.0. The van der Waals surface area contributed by atoms with Crippen molar-refractivity contribution in [2.24, 2.45) is 0 Å². The lowest BCUT2D eigenvalue weighted by Crippen LogP contribution is -2.25. The summed E-state index contributed by atoms with van der Waals surface area (Å²) in [5.74, 6) is 1.28. The van der Waals surface area contributed by atoms with E-state index in [-0.39, 0.29) is 6.10 Å². The van der Waals surface area contributed by atoms with Gasteiger partial charge in [-0.25, -0.2) is 4.98 Å². The molecule has 0 aliphatic carbocycles. The van der Waals surface area contributed by atoms with Gasteiger partial charge in [0, 0.05) is 11.6 Å². The summed E-state index contributed by atoms with van der Waals surface area (Å²) in [5.41, 5.74) is 1.98. The van der Waals surface area contributed by atoms with Crippen LogP contribution in [0.5, 0.6) is 0 Å². The monoisotopic (exact) mass is 298 g/mol. The van der Waals surface area contributed by atoms with Gasteiger partial charge in [0.25, 0.3) is 0 Å². The molecular formula is C14H16Cl2N2O. The second-order valence-corrected chi connectivity index (χ2v) is 5.60. The summed E-state index contributed by atoms with van der Waals surface area (Å²) in [6, 6.07) is 5.74. The van der Waals surface area contributed by atoms with E-state index in [1.54, 1.807) is 0 Å². The number of nitrogens with zero attached hydrogens (tertiary/aromatic N) is 2. The number of benzene rings is 1. The first-order valence-electron chi connectivity index (χ1n) is 6.60. The molecule has 0 amide bonds. The fourth-order valence-electron chi connectivity index (χ4n) is 2.61. The Balaban J connectivity index is 1.97. The van der Waals surface area contributed by atoms with E-state index in [4.69, 9.17) is 27.9 Å². The number of alkyl halides is 1. The van der Waals surface area contributed by atoms with Crippen LogP contribution in [0.3, 0.4) is 0 Å². The van der Waals surface area contributed by atoms with E-state index in [1.165, 1.54) is 6.42 Å². The van der Waals surface area contributed by atoms with Crippen LogP contribution in [0, 0.1) is 0 Å². The molecule has 1 atom stereocenters. The zero-order chi connectivity index (χ0) is 13.2. The first-order valence-corrected chi connectivity index (χ1v) is 7.51. The minimum absolute atomic E-state index is 0.257. The van der Waals surface area contributed by atoms with E-state index in [0.717, 1.165) is 47.9 Å². The Kier molecular flexibility index (Phi) is 3.96. The molecule has 0 N–H and O–H groups in total. The van der Waals surface area contributed by atoms with Crippen LogP contribution < -0.4 is 0 Å². The predicted molar refractivity (Wildman–Crippen MR) is 77.9 cm³/mol. The maximum atomic E-state index is 6.08. The summed E-state index contributed by atoms with van der Waals surface area (Å²) < 4.78 is 7.95. The smallest absolute Gasteiger partial charge is 0.124 e. The van der Waals surface area contributed by atoms with E-state index in [0.29, 0.717) is 5.88 Å². The Hall–Kier alpha value is -0.770. The second-order valence-electron chi connectivity index (χ2n) is 4.89. The third kappa shape index (κ3) is 2.73. The standard InChI is InChI=1S/C14H16Cl2N2O/c15-8-14-17-12-5-4-10(16)7-13(12)18(14)9-11-3-1-2-6-19-11/h4-5,7,11H,1-3,6,8-9H2. The van der Waals surface area contributed by atoms with Gasteiger partial charge in [0.05, 0.1) is 29.6 Å². The van der Waals surface area contributed by atoms with Crippen molar-refractivity contribution in [1.82, 2.24) is 9.55 Å². The van der Waals surface area contributed by atoms with Crippen molar-refractivity contribution in [2.75, 3.05) is 6.61 Å². The third-order valence-electron chi connectivity index (χ3n) is 3.57. The Labute approximate surface area is 122 Å². The first-order chi connectivity index (χ1) is 9.28. The molecule has 102 valence electrons. The van der Waals surface area contributed by atoms with Crippen LogP contribution in [-0.2, 0) is 17.2 Å². The van der Waals surface area contributed by atoms with E-state index in [2.05, 4.69) is 9.55 Å². The molecule has 1 aromatic heterocycles. The highest BCUT2D eigenvalue weighted by Crippen LogP contribution is 2.24. The van der Waals surface area contributed by atoms with E-state index in [9.17, 15) is 0 Å². The van der Waals surface area contributed by atoms with Gasteiger partial charge in [0.1, 0.15) is 5.82 Å². The van der Waals surface area contributed by atoms with Gasteiger partial charge in [-0.05, 0) is 37.5 Å². The Morgan fingerprint density at radius 3 is 3.00 bits per heavy atom. The van der Waals surface area contributed by atoms with Gasteiger partial charge in [0.15, 0.2) is 0 Å². The molecule has 3 rings (SSSR count). The van der Waals surface area contributed by atoms with Gasteiger partial charge in [-0.3, -0.25) is 0 Å². The van der Waals surface area contributed by atoms with Gasteiger partial charge in [-0.1, -0.05) is 11.6 Å². The molecule has 0 spiro atoms. The first kappa shape index (κ1) is 13.2. The van der Waals surface area contributed by atoms with Gasteiger partial charge in [-0.15, -0.1) is 11.6 Å². The van der Waals surface area contributed by atoms with Crippen molar-refractivity contribution in [1.29, 1.82) is 0 Å². The number of imidazole rings is 1. The maximum absolute atomic E-state index is 6.08. The molecule has 1 fully saturated rings. The molecular weight excluding hydrogens is 283 g/mol. The highest BCUT2D eigenvalue weighted by atomic mass is 35.5. The van der Waals surface area contributed by atoms with Crippen LogP contribution in [0.25, 0.3) is 11.0 Å². The minimum Gasteiger partial charge on any atom is -0.376 e. The summed E-state index contributed by atoms with van der Waals surface area (Å²) in [6.45, 7) is 1.66. The highest BCUT2D eigenvalue weighted by Gasteiger charge is 2.18. The van der Waals surface area contributed by atoms with Crippen LogP contribution in [0.15, 0.2) is 18.2 Å². The Bertz CT molecular complexity index is 576. The van der Waals surface area contributed by atoms with E-state index >= 15 is 0 Å². The van der Waals surface area contributed by atoms with Gasteiger partial charge in [-0.2, -0.15) is 0 Å². The van der Waals surface area contributed by atoms with Crippen molar-refractivity contribution in [3.05, 3.63) is 29.0 Å². The number of rotatable bonds is 3. The van der Waals surface area contributed by atoms with Crippen LogP contribution >= 0.6 is 23.2 Å². The van der Waals surface area contributed by atoms with Crippen LogP contribution in [0.1, 0.15) is 25.1 Å². The zero-order valence-electron chi connectivity index (χ0n) is 10.6. The zero-order valence-corrected chi connectivity index (χ0v) is 12.1. The van der Waals surface area contributed by atoms with Gasteiger partial charge in [0.2, 0.25) is 0 Å². The molecule has 2 aromatic rings. The summed E-state index contributed by atoms with van der Waals surface area (Å²) in [7, 11) is 0. The molecule has 0 bridgehead atoms. The SMILES string of the molecule is ClCc1nc2ccc(Cl)cc2n1CC1CCCCO1.